The fourth-order valence-electron chi connectivity index (χ4n) is 1.84. The van der Waals surface area contributed by atoms with E-state index in [2.05, 4.69) is 57.2 Å². The van der Waals surface area contributed by atoms with E-state index in [1.54, 1.807) is 0 Å². The van der Waals surface area contributed by atoms with Gasteiger partial charge in [0.15, 0.2) is 0 Å². The van der Waals surface area contributed by atoms with E-state index in [4.69, 9.17) is 7.85 Å². The van der Waals surface area contributed by atoms with Gasteiger partial charge in [0.2, 0.25) is 0 Å². The summed E-state index contributed by atoms with van der Waals surface area (Å²) in [5, 5.41) is 0. The van der Waals surface area contributed by atoms with E-state index in [1.807, 2.05) is 12.1 Å². The lowest BCUT2D eigenvalue weighted by molar-refractivity contribution is 0.590. The molecule has 0 N–H and O–H groups in total. The summed E-state index contributed by atoms with van der Waals surface area (Å²) in [5.74, 6) is 0. The van der Waals surface area contributed by atoms with Crippen molar-refractivity contribution in [3.8, 4) is 11.1 Å². The van der Waals surface area contributed by atoms with E-state index in [9.17, 15) is 0 Å². The zero-order valence-electron chi connectivity index (χ0n) is 10.7. The quantitative estimate of drug-likeness (QED) is 0.645. The third-order valence-corrected chi connectivity index (χ3v) is 2.99. The van der Waals surface area contributed by atoms with Crippen LogP contribution in [0, 0.1) is 0 Å². The lowest BCUT2D eigenvalue weighted by Gasteiger charge is -2.19. The van der Waals surface area contributed by atoms with Crippen LogP contribution in [0.3, 0.4) is 0 Å². The van der Waals surface area contributed by atoms with Crippen molar-refractivity contribution < 1.29 is 0 Å². The SMILES string of the molecule is [B]c1ccc(-c2ccc(C(C)(C)C)cc2)cc1. The van der Waals surface area contributed by atoms with Crippen molar-refractivity contribution in [2.75, 3.05) is 0 Å². The summed E-state index contributed by atoms with van der Waals surface area (Å²) < 4.78 is 0. The normalized spacial score (nSPS) is 11.5. The number of benzene rings is 2. The van der Waals surface area contributed by atoms with Gasteiger partial charge in [0.25, 0.3) is 0 Å². The van der Waals surface area contributed by atoms with Gasteiger partial charge in [-0.1, -0.05) is 74.8 Å². The minimum Gasteiger partial charge on any atom is -0.0966 e. The van der Waals surface area contributed by atoms with E-state index in [0.717, 1.165) is 5.46 Å². The van der Waals surface area contributed by atoms with Crippen molar-refractivity contribution in [2.45, 2.75) is 26.2 Å². The highest BCUT2D eigenvalue weighted by Crippen LogP contribution is 2.25. The van der Waals surface area contributed by atoms with Crippen LogP contribution in [0.2, 0.25) is 0 Å². The average Bonchev–Trinajstić information content (AvgIpc) is 2.29. The minimum atomic E-state index is 0.208. The first-order chi connectivity index (χ1) is 7.97. The molecule has 0 unspecified atom stereocenters. The van der Waals surface area contributed by atoms with Gasteiger partial charge in [0, 0.05) is 0 Å². The first-order valence-corrected chi connectivity index (χ1v) is 5.93. The number of rotatable bonds is 1. The molecule has 2 radical (unpaired) electrons. The molecule has 2 aromatic rings. The molecule has 1 heteroatoms. The Labute approximate surface area is 105 Å². The maximum Gasteiger partial charge on any atom is 0.113 e. The molecule has 0 aliphatic rings. The summed E-state index contributed by atoms with van der Waals surface area (Å²) in [6.45, 7) is 6.68. The predicted octanol–water partition coefficient (Wildman–Crippen LogP) is 3.44. The van der Waals surface area contributed by atoms with Gasteiger partial charge in [-0.25, -0.2) is 0 Å². The van der Waals surface area contributed by atoms with Crippen molar-refractivity contribution in [2.24, 2.45) is 0 Å². The molecule has 17 heavy (non-hydrogen) atoms. The van der Waals surface area contributed by atoms with Crippen LogP contribution in [0.5, 0.6) is 0 Å². The highest BCUT2D eigenvalue weighted by molar-refractivity contribution is 6.32. The number of hydrogen-bond acceptors (Lipinski definition) is 0. The lowest BCUT2D eigenvalue weighted by atomic mass is 9.86. The van der Waals surface area contributed by atoms with Crippen molar-refractivity contribution >= 4 is 13.3 Å². The predicted molar refractivity (Wildman–Crippen MR) is 76.0 cm³/mol. The van der Waals surface area contributed by atoms with E-state index in [1.165, 1.54) is 16.7 Å². The smallest absolute Gasteiger partial charge is 0.0966 e. The molecule has 0 saturated heterocycles. The first-order valence-electron chi connectivity index (χ1n) is 5.93. The van der Waals surface area contributed by atoms with E-state index < -0.39 is 0 Å². The van der Waals surface area contributed by atoms with Crippen LogP contribution >= 0.6 is 0 Å². The molecule has 0 nitrogen and oxygen atoms in total. The minimum absolute atomic E-state index is 0.208. The van der Waals surface area contributed by atoms with Crippen LogP contribution in [0.15, 0.2) is 48.5 Å². The van der Waals surface area contributed by atoms with Crippen LogP contribution in [-0.2, 0) is 5.41 Å². The van der Waals surface area contributed by atoms with Crippen LogP contribution in [-0.4, -0.2) is 7.85 Å². The van der Waals surface area contributed by atoms with Gasteiger partial charge in [0.05, 0.1) is 0 Å². The summed E-state index contributed by atoms with van der Waals surface area (Å²) in [7, 11) is 5.69. The molecule has 2 aromatic carbocycles. The fourth-order valence-corrected chi connectivity index (χ4v) is 1.84. The molecule has 0 fully saturated rings. The van der Waals surface area contributed by atoms with E-state index >= 15 is 0 Å². The van der Waals surface area contributed by atoms with Gasteiger partial charge in [-0.05, 0) is 22.1 Å². The topological polar surface area (TPSA) is 0 Å². The Morgan fingerprint density at radius 1 is 0.706 bits per heavy atom. The van der Waals surface area contributed by atoms with Crippen molar-refractivity contribution in [3.63, 3.8) is 0 Å². The summed E-state index contributed by atoms with van der Waals surface area (Å²) in [5.41, 5.74) is 4.81. The molecule has 0 aliphatic heterocycles. The maximum atomic E-state index is 5.69. The van der Waals surface area contributed by atoms with Crippen LogP contribution in [0.25, 0.3) is 11.1 Å². The summed E-state index contributed by atoms with van der Waals surface area (Å²) in [6.07, 6.45) is 0. The molecule has 0 aliphatic carbocycles. The molecule has 0 amide bonds. The molecule has 0 spiro atoms. The van der Waals surface area contributed by atoms with Gasteiger partial charge < -0.3 is 0 Å². The molecular formula is C16H17B. The van der Waals surface area contributed by atoms with Crippen LogP contribution in [0.4, 0.5) is 0 Å². The lowest BCUT2D eigenvalue weighted by Crippen LogP contribution is -2.10. The van der Waals surface area contributed by atoms with Gasteiger partial charge >= 0.3 is 0 Å². The standard InChI is InChI=1S/C16H17B/c1-16(2,3)14-8-4-12(5-9-14)13-6-10-15(17)11-7-13/h4-11H,1-3H3. The molecule has 2 rings (SSSR count). The average molecular weight is 220 g/mol. The van der Waals surface area contributed by atoms with E-state index in [-0.39, 0.29) is 5.41 Å². The summed E-state index contributed by atoms with van der Waals surface area (Å²) >= 11 is 0. The van der Waals surface area contributed by atoms with Gasteiger partial charge in [0.1, 0.15) is 7.85 Å². The molecule has 84 valence electrons. The molecular weight excluding hydrogens is 203 g/mol. The van der Waals surface area contributed by atoms with Gasteiger partial charge in [-0.2, -0.15) is 0 Å². The summed E-state index contributed by atoms with van der Waals surface area (Å²) in [6, 6.07) is 16.7. The Hall–Kier alpha value is -1.50. The zero-order chi connectivity index (χ0) is 12.5. The number of hydrogen-bond donors (Lipinski definition) is 0. The monoisotopic (exact) mass is 220 g/mol. The van der Waals surface area contributed by atoms with Gasteiger partial charge in [-0.15, -0.1) is 0 Å². The third kappa shape index (κ3) is 2.79. The highest BCUT2D eigenvalue weighted by atomic mass is 14.2. The highest BCUT2D eigenvalue weighted by Gasteiger charge is 2.12. The van der Waals surface area contributed by atoms with E-state index in [0.29, 0.717) is 0 Å². The molecule has 0 bridgehead atoms. The van der Waals surface area contributed by atoms with Gasteiger partial charge in [-0.3, -0.25) is 0 Å². The molecule has 0 aromatic heterocycles. The largest absolute Gasteiger partial charge is 0.113 e. The first kappa shape index (κ1) is 12.0. The van der Waals surface area contributed by atoms with Crippen LogP contribution < -0.4 is 5.46 Å². The summed E-state index contributed by atoms with van der Waals surface area (Å²) in [4.78, 5) is 0. The Morgan fingerprint density at radius 3 is 1.53 bits per heavy atom. The zero-order valence-corrected chi connectivity index (χ0v) is 10.7. The second-order valence-electron chi connectivity index (χ2n) is 5.45. The molecule has 0 atom stereocenters. The molecule has 0 saturated carbocycles. The van der Waals surface area contributed by atoms with Crippen molar-refractivity contribution in [1.82, 2.24) is 0 Å². The van der Waals surface area contributed by atoms with Crippen molar-refractivity contribution in [1.29, 1.82) is 0 Å². The van der Waals surface area contributed by atoms with Crippen molar-refractivity contribution in [3.05, 3.63) is 54.1 Å². The third-order valence-electron chi connectivity index (χ3n) is 2.99. The Morgan fingerprint density at radius 2 is 1.12 bits per heavy atom. The van der Waals surface area contributed by atoms with Crippen LogP contribution in [0.1, 0.15) is 26.3 Å². The maximum absolute atomic E-state index is 5.69. The fraction of sp³-hybridized carbons (Fsp3) is 0.250. The second kappa shape index (κ2) is 4.41. The molecule has 0 heterocycles. The Bertz CT molecular complexity index is 487. The second-order valence-corrected chi connectivity index (χ2v) is 5.45. The Kier molecular flexibility index (Phi) is 3.10. The Balaban J connectivity index is 2.33.